The van der Waals surface area contributed by atoms with Gasteiger partial charge in [-0.2, -0.15) is 13.2 Å². The number of carbonyl (C=O) groups excluding carboxylic acids is 2. The molecule has 0 aliphatic carbocycles. The summed E-state index contributed by atoms with van der Waals surface area (Å²) in [5.74, 6) is -3.61. The van der Waals surface area contributed by atoms with E-state index in [9.17, 15) is 22.8 Å². The third-order valence-corrected chi connectivity index (χ3v) is 0.988. The van der Waals surface area contributed by atoms with Crippen LogP contribution in [0.2, 0.25) is 0 Å². The first-order valence-electron chi connectivity index (χ1n) is 3.04. The van der Waals surface area contributed by atoms with Gasteiger partial charge < -0.3 is 0 Å². The number of Topliss-reactive ketones (excluding diaryl/α,β-unsaturated/α-hetero) is 2. The fourth-order valence-corrected chi connectivity index (χ4v) is 0.499. The SMILES string of the molecule is CCCC(=O)C(=O)C(F)(F)F.[NaH].[NaH]. The van der Waals surface area contributed by atoms with Gasteiger partial charge in [0.25, 0.3) is 0 Å². The summed E-state index contributed by atoms with van der Waals surface area (Å²) >= 11 is 0. The van der Waals surface area contributed by atoms with Gasteiger partial charge in [0.05, 0.1) is 0 Å². The van der Waals surface area contributed by atoms with Gasteiger partial charge in [-0.1, -0.05) is 6.92 Å². The van der Waals surface area contributed by atoms with Gasteiger partial charge in [-0.05, 0) is 6.42 Å². The van der Waals surface area contributed by atoms with E-state index in [1.54, 1.807) is 0 Å². The van der Waals surface area contributed by atoms with E-state index >= 15 is 0 Å². The van der Waals surface area contributed by atoms with Crippen LogP contribution in [0.1, 0.15) is 19.8 Å². The van der Waals surface area contributed by atoms with Crippen LogP contribution in [-0.4, -0.2) is 76.9 Å². The number of carbonyl (C=O) groups is 2. The van der Waals surface area contributed by atoms with Crippen LogP contribution in [0.25, 0.3) is 0 Å². The molecule has 0 fully saturated rings. The van der Waals surface area contributed by atoms with E-state index in [1.165, 1.54) is 6.92 Å². The van der Waals surface area contributed by atoms with Crippen molar-refractivity contribution in [1.29, 1.82) is 0 Å². The molecule has 0 aliphatic heterocycles. The summed E-state index contributed by atoms with van der Waals surface area (Å²) in [5.41, 5.74) is 0. The van der Waals surface area contributed by atoms with Crippen LogP contribution >= 0.6 is 0 Å². The zero-order chi connectivity index (χ0) is 9.07. The van der Waals surface area contributed by atoms with Gasteiger partial charge in [-0.15, -0.1) is 0 Å². The molecule has 0 radical (unpaired) electrons. The Morgan fingerprint density at radius 1 is 1.15 bits per heavy atom. The second kappa shape index (κ2) is 8.44. The molecule has 0 aliphatic rings. The molecule has 0 unspecified atom stereocenters. The summed E-state index contributed by atoms with van der Waals surface area (Å²) in [5, 5.41) is 0. The topological polar surface area (TPSA) is 34.1 Å². The molecule has 0 aromatic rings. The molecule has 0 aromatic heterocycles. The Hall–Kier alpha value is 1.13. The first-order valence-corrected chi connectivity index (χ1v) is 3.04. The minimum atomic E-state index is -5.01. The van der Waals surface area contributed by atoms with E-state index in [0.29, 0.717) is 0 Å². The molecule has 0 spiro atoms. The van der Waals surface area contributed by atoms with E-state index in [1.807, 2.05) is 0 Å². The van der Waals surface area contributed by atoms with Crippen LogP contribution in [0.4, 0.5) is 13.2 Å². The van der Waals surface area contributed by atoms with E-state index in [0.717, 1.165) is 0 Å². The molecule has 7 heteroatoms. The first kappa shape index (κ1) is 19.7. The molecular weight excluding hydrogens is 207 g/mol. The molecule has 0 rings (SSSR count). The number of halogens is 3. The summed E-state index contributed by atoms with van der Waals surface area (Å²) in [6.45, 7) is 1.53. The van der Waals surface area contributed by atoms with Crippen LogP contribution in [0.15, 0.2) is 0 Å². The first-order chi connectivity index (χ1) is 4.89. The van der Waals surface area contributed by atoms with Crippen LogP contribution in [-0.2, 0) is 9.59 Å². The van der Waals surface area contributed by atoms with Crippen LogP contribution in [0, 0.1) is 0 Å². The minimum absolute atomic E-state index is 0. The maximum absolute atomic E-state index is 11.5. The summed E-state index contributed by atoms with van der Waals surface area (Å²) in [6.07, 6.45) is -5.09. The van der Waals surface area contributed by atoms with Crippen molar-refractivity contribution in [2.45, 2.75) is 25.9 Å². The van der Waals surface area contributed by atoms with Crippen LogP contribution in [0.3, 0.4) is 0 Å². The van der Waals surface area contributed by atoms with Crippen molar-refractivity contribution in [3.05, 3.63) is 0 Å². The Morgan fingerprint density at radius 2 is 1.54 bits per heavy atom. The molecule has 2 nitrogen and oxygen atoms in total. The van der Waals surface area contributed by atoms with Crippen molar-refractivity contribution < 1.29 is 22.8 Å². The summed E-state index contributed by atoms with van der Waals surface area (Å²) in [6, 6.07) is 0. The van der Waals surface area contributed by atoms with Crippen LogP contribution < -0.4 is 0 Å². The van der Waals surface area contributed by atoms with Gasteiger partial charge in [0.15, 0.2) is 0 Å². The van der Waals surface area contributed by atoms with E-state index in [-0.39, 0.29) is 72.0 Å². The van der Waals surface area contributed by atoms with Crippen molar-refractivity contribution in [2.24, 2.45) is 0 Å². The number of alkyl halides is 3. The third kappa shape index (κ3) is 8.15. The van der Waals surface area contributed by atoms with E-state index in [2.05, 4.69) is 0 Å². The van der Waals surface area contributed by atoms with Crippen LogP contribution in [0.5, 0.6) is 0 Å². The standard InChI is InChI=1S/C6H7F3O2.2Na.2H/c1-2-3-4(10)5(11)6(7,8)9;;;;/h2-3H2,1H3;;;;. The Balaban J connectivity index is -0.000000500. The van der Waals surface area contributed by atoms with Gasteiger partial charge in [0, 0.05) is 6.42 Å². The Morgan fingerprint density at radius 3 is 1.77 bits per heavy atom. The molecule has 0 bridgehead atoms. The van der Waals surface area contributed by atoms with E-state index < -0.39 is 17.7 Å². The van der Waals surface area contributed by atoms with Gasteiger partial charge in [0.2, 0.25) is 5.78 Å². The Labute approximate surface area is 118 Å². The second-order valence-corrected chi connectivity index (χ2v) is 2.00. The summed E-state index contributed by atoms with van der Waals surface area (Å²) < 4.78 is 34.4. The fourth-order valence-electron chi connectivity index (χ4n) is 0.499. The predicted molar refractivity (Wildman–Crippen MR) is 45.3 cm³/mol. The molecule has 0 amide bonds. The van der Waals surface area contributed by atoms with Crippen molar-refractivity contribution in [1.82, 2.24) is 0 Å². The molecule has 13 heavy (non-hydrogen) atoms. The Kier molecular flexibility index (Phi) is 12.8. The van der Waals surface area contributed by atoms with Gasteiger partial charge in [-0.25, -0.2) is 0 Å². The normalized spacial score (nSPS) is 9.54. The average Bonchev–Trinajstić information content (AvgIpc) is 1.85. The molecular formula is C6H9F3Na2O2. The monoisotopic (exact) mass is 216 g/mol. The molecule has 0 atom stereocenters. The van der Waals surface area contributed by atoms with Gasteiger partial charge in [-0.3, -0.25) is 9.59 Å². The average molecular weight is 216 g/mol. The van der Waals surface area contributed by atoms with Gasteiger partial charge >= 0.3 is 71.1 Å². The summed E-state index contributed by atoms with van der Waals surface area (Å²) in [7, 11) is 0. The zero-order valence-corrected chi connectivity index (χ0v) is 5.86. The van der Waals surface area contributed by atoms with Crippen molar-refractivity contribution in [3.8, 4) is 0 Å². The maximum atomic E-state index is 11.5. The molecule has 0 saturated heterocycles. The van der Waals surface area contributed by atoms with Crippen molar-refractivity contribution in [3.63, 3.8) is 0 Å². The predicted octanol–water partition coefficient (Wildman–Crippen LogP) is 0.190. The fraction of sp³-hybridized carbons (Fsp3) is 0.667. The van der Waals surface area contributed by atoms with E-state index in [4.69, 9.17) is 0 Å². The van der Waals surface area contributed by atoms with Crippen molar-refractivity contribution >= 4 is 70.7 Å². The summed E-state index contributed by atoms with van der Waals surface area (Å²) in [4.78, 5) is 20.4. The van der Waals surface area contributed by atoms with Crippen molar-refractivity contribution in [2.75, 3.05) is 0 Å². The number of ketones is 2. The number of rotatable bonds is 3. The molecule has 0 N–H and O–H groups in total. The number of hydrogen-bond donors (Lipinski definition) is 0. The number of hydrogen-bond acceptors (Lipinski definition) is 2. The Bertz CT molecular complexity index is 179. The molecule has 0 saturated carbocycles. The quantitative estimate of drug-likeness (QED) is 0.498. The molecule has 68 valence electrons. The third-order valence-electron chi connectivity index (χ3n) is 0.988. The second-order valence-electron chi connectivity index (χ2n) is 2.00. The van der Waals surface area contributed by atoms with Gasteiger partial charge in [0.1, 0.15) is 0 Å². The molecule has 0 aromatic carbocycles. The molecule has 0 heterocycles. The zero-order valence-electron chi connectivity index (χ0n) is 5.86.